The molecule has 7 heteroatoms. The van der Waals surface area contributed by atoms with E-state index < -0.39 is 4.92 Å². The molecule has 1 aromatic heterocycles. The minimum atomic E-state index is -0.511. The fraction of sp³-hybridized carbons (Fsp3) is 0.462. The van der Waals surface area contributed by atoms with Crippen molar-refractivity contribution in [1.82, 2.24) is 4.98 Å². The average Bonchev–Trinajstić information content (AvgIpc) is 2.45. The Kier molecular flexibility index (Phi) is 4.77. The van der Waals surface area contributed by atoms with E-state index in [9.17, 15) is 10.1 Å². The van der Waals surface area contributed by atoms with Crippen molar-refractivity contribution < 1.29 is 9.66 Å². The zero-order valence-electron chi connectivity index (χ0n) is 10.8. The third-order valence-electron chi connectivity index (χ3n) is 3.16. The summed E-state index contributed by atoms with van der Waals surface area (Å²) in [4.78, 5) is 16.2. The van der Waals surface area contributed by atoms with Gasteiger partial charge in [-0.2, -0.15) is 0 Å². The van der Waals surface area contributed by atoms with Gasteiger partial charge in [0.15, 0.2) is 0 Å². The molecular weight excluding hydrogens is 282 g/mol. The largest absolute Gasteiger partial charge is 0.365 e. The van der Waals surface area contributed by atoms with Crippen LogP contribution in [-0.4, -0.2) is 35.7 Å². The Balaban J connectivity index is 2.00. The van der Waals surface area contributed by atoms with E-state index in [2.05, 4.69) is 10.9 Å². The standard InChI is InChI=1S/C13H14ClN3O3/c1-2-7-20-11-3-5-16(6-4-11)13-12(14)8-10(9-15-13)17(18)19/h1,8-9,11H,3-7H2. The molecule has 0 aliphatic carbocycles. The number of nitro groups is 1. The van der Waals surface area contributed by atoms with Gasteiger partial charge in [0.25, 0.3) is 5.69 Å². The molecule has 20 heavy (non-hydrogen) atoms. The van der Waals surface area contributed by atoms with Gasteiger partial charge in [0, 0.05) is 19.2 Å². The molecule has 106 valence electrons. The molecule has 0 atom stereocenters. The van der Waals surface area contributed by atoms with E-state index in [4.69, 9.17) is 22.8 Å². The van der Waals surface area contributed by atoms with Crippen molar-refractivity contribution in [3.05, 3.63) is 27.4 Å². The molecule has 0 aromatic carbocycles. The van der Waals surface area contributed by atoms with Gasteiger partial charge in [-0.15, -0.1) is 6.42 Å². The molecule has 1 aliphatic rings. The number of rotatable bonds is 4. The lowest BCUT2D eigenvalue weighted by molar-refractivity contribution is -0.385. The fourth-order valence-corrected chi connectivity index (χ4v) is 2.43. The summed E-state index contributed by atoms with van der Waals surface area (Å²) in [6, 6.07) is 1.32. The van der Waals surface area contributed by atoms with Crippen molar-refractivity contribution in [1.29, 1.82) is 0 Å². The minimum absolute atomic E-state index is 0.106. The fourth-order valence-electron chi connectivity index (χ4n) is 2.15. The van der Waals surface area contributed by atoms with E-state index in [1.54, 1.807) is 0 Å². The van der Waals surface area contributed by atoms with Crippen LogP contribution in [0.25, 0.3) is 0 Å². The summed E-state index contributed by atoms with van der Waals surface area (Å²) in [6.07, 6.45) is 8.19. The van der Waals surface area contributed by atoms with Crippen LogP contribution in [0, 0.1) is 22.5 Å². The molecular formula is C13H14ClN3O3. The first-order valence-corrected chi connectivity index (χ1v) is 6.59. The lowest BCUT2D eigenvalue weighted by atomic mass is 10.1. The number of pyridine rings is 1. The third kappa shape index (κ3) is 3.38. The summed E-state index contributed by atoms with van der Waals surface area (Å²) in [5.74, 6) is 3.03. The normalized spacial score (nSPS) is 15.9. The molecule has 0 saturated carbocycles. The van der Waals surface area contributed by atoms with Gasteiger partial charge in [-0.1, -0.05) is 17.5 Å². The van der Waals surface area contributed by atoms with E-state index in [0.717, 1.165) is 25.9 Å². The zero-order chi connectivity index (χ0) is 14.5. The monoisotopic (exact) mass is 295 g/mol. The summed E-state index contributed by atoms with van der Waals surface area (Å²) in [5.41, 5.74) is -0.106. The van der Waals surface area contributed by atoms with Crippen LogP contribution < -0.4 is 4.90 Å². The van der Waals surface area contributed by atoms with E-state index in [-0.39, 0.29) is 11.8 Å². The zero-order valence-corrected chi connectivity index (χ0v) is 11.5. The molecule has 0 unspecified atom stereocenters. The second-order valence-electron chi connectivity index (χ2n) is 4.46. The van der Waals surface area contributed by atoms with Crippen molar-refractivity contribution in [2.45, 2.75) is 18.9 Å². The predicted octanol–water partition coefficient (Wildman–Crippen LogP) is 2.26. The van der Waals surface area contributed by atoms with E-state index in [0.29, 0.717) is 17.4 Å². The van der Waals surface area contributed by atoms with E-state index in [1.165, 1.54) is 12.3 Å². The summed E-state index contributed by atoms with van der Waals surface area (Å²) in [7, 11) is 0. The summed E-state index contributed by atoms with van der Waals surface area (Å²) < 4.78 is 5.49. The Morgan fingerprint density at radius 3 is 2.85 bits per heavy atom. The second kappa shape index (κ2) is 6.55. The molecule has 1 fully saturated rings. The van der Waals surface area contributed by atoms with Crippen LogP contribution in [0.5, 0.6) is 0 Å². The number of terminal acetylenes is 1. The minimum Gasteiger partial charge on any atom is -0.365 e. The van der Waals surface area contributed by atoms with Crippen LogP contribution in [0.15, 0.2) is 12.3 Å². The quantitative estimate of drug-likeness (QED) is 0.484. The Labute approximate surface area is 121 Å². The molecule has 0 radical (unpaired) electrons. The van der Waals surface area contributed by atoms with Gasteiger partial charge in [-0.3, -0.25) is 10.1 Å². The van der Waals surface area contributed by atoms with E-state index in [1.807, 2.05) is 4.90 Å². The molecule has 0 amide bonds. The number of piperidine rings is 1. The molecule has 0 N–H and O–H groups in total. The van der Waals surface area contributed by atoms with Gasteiger partial charge in [-0.25, -0.2) is 4.98 Å². The van der Waals surface area contributed by atoms with Gasteiger partial charge in [0.2, 0.25) is 0 Å². The van der Waals surface area contributed by atoms with Crippen LogP contribution >= 0.6 is 11.6 Å². The molecule has 1 saturated heterocycles. The Hall–Kier alpha value is -1.84. The van der Waals surface area contributed by atoms with E-state index >= 15 is 0 Å². The van der Waals surface area contributed by atoms with Crippen molar-refractivity contribution in [2.24, 2.45) is 0 Å². The summed E-state index contributed by atoms with van der Waals surface area (Å²) in [5, 5.41) is 10.9. The number of hydrogen-bond acceptors (Lipinski definition) is 5. The van der Waals surface area contributed by atoms with Gasteiger partial charge in [0.05, 0.1) is 16.0 Å². The average molecular weight is 296 g/mol. The highest BCUT2D eigenvalue weighted by Crippen LogP contribution is 2.29. The van der Waals surface area contributed by atoms with Crippen LogP contribution in [0.2, 0.25) is 5.02 Å². The highest BCUT2D eigenvalue weighted by Gasteiger charge is 2.23. The molecule has 2 rings (SSSR count). The number of hydrogen-bond donors (Lipinski definition) is 0. The van der Waals surface area contributed by atoms with Crippen LogP contribution in [0.1, 0.15) is 12.8 Å². The first-order valence-electron chi connectivity index (χ1n) is 6.21. The molecule has 0 spiro atoms. The highest BCUT2D eigenvalue weighted by molar-refractivity contribution is 6.33. The molecule has 6 nitrogen and oxygen atoms in total. The van der Waals surface area contributed by atoms with Gasteiger partial charge >= 0.3 is 0 Å². The van der Waals surface area contributed by atoms with Crippen LogP contribution in [-0.2, 0) is 4.74 Å². The van der Waals surface area contributed by atoms with Crippen molar-refractivity contribution in [2.75, 3.05) is 24.6 Å². The van der Waals surface area contributed by atoms with Crippen molar-refractivity contribution in [3.63, 3.8) is 0 Å². The summed E-state index contributed by atoms with van der Waals surface area (Å²) >= 11 is 6.06. The van der Waals surface area contributed by atoms with Gasteiger partial charge in [-0.05, 0) is 12.8 Å². The number of anilines is 1. The van der Waals surface area contributed by atoms with Crippen molar-refractivity contribution >= 4 is 23.1 Å². The smallest absolute Gasteiger partial charge is 0.289 e. The molecule has 2 heterocycles. The SMILES string of the molecule is C#CCOC1CCN(c2ncc([N+](=O)[O-])cc2Cl)CC1. The number of halogens is 1. The van der Waals surface area contributed by atoms with Crippen LogP contribution in [0.3, 0.4) is 0 Å². The first-order chi connectivity index (χ1) is 9.61. The molecule has 1 aromatic rings. The maximum Gasteiger partial charge on any atom is 0.289 e. The number of aromatic nitrogens is 1. The molecule has 1 aliphatic heterocycles. The maximum atomic E-state index is 10.6. The van der Waals surface area contributed by atoms with Crippen molar-refractivity contribution in [3.8, 4) is 12.3 Å². The first kappa shape index (κ1) is 14.6. The maximum absolute atomic E-state index is 10.6. The predicted molar refractivity (Wildman–Crippen MR) is 75.9 cm³/mol. The van der Waals surface area contributed by atoms with Gasteiger partial charge in [0.1, 0.15) is 18.6 Å². The Morgan fingerprint density at radius 2 is 2.30 bits per heavy atom. The lowest BCUT2D eigenvalue weighted by Crippen LogP contribution is -2.37. The third-order valence-corrected chi connectivity index (χ3v) is 3.44. The topological polar surface area (TPSA) is 68.5 Å². The highest BCUT2D eigenvalue weighted by atomic mass is 35.5. The summed E-state index contributed by atoms with van der Waals surface area (Å²) in [6.45, 7) is 1.79. The second-order valence-corrected chi connectivity index (χ2v) is 4.86. The van der Waals surface area contributed by atoms with Crippen LogP contribution in [0.4, 0.5) is 11.5 Å². The number of nitrogens with zero attached hydrogens (tertiary/aromatic N) is 3. The lowest BCUT2D eigenvalue weighted by Gasteiger charge is -2.32. The molecule has 0 bridgehead atoms. The Morgan fingerprint density at radius 1 is 1.60 bits per heavy atom. The van der Waals surface area contributed by atoms with Gasteiger partial charge < -0.3 is 9.64 Å². The number of ether oxygens (including phenoxy) is 1. The Bertz CT molecular complexity index is 536.